The van der Waals surface area contributed by atoms with Crippen LogP contribution in [0.25, 0.3) is 0 Å². The Balaban J connectivity index is 1.69. The number of hydrogen-bond acceptors (Lipinski definition) is 9. The van der Waals surface area contributed by atoms with Crippen LogP contribution in [0.15, 0.2) is 16.7 Å². The molecule has 1 aliphatic heterocycles. The van der Waals surface area contributed by atoms with Gasteiger partial charge in [0.1, 0.15) is 5.56 Å². The van der Waals surface area contributed by atoms with E-state index in [2.05, 4.69) is 15.0 Å². The van der Waals surface area contributed by atoms with E-state index in [0.717, 1.165) is 0 Å². The average molecular weight is 361 g/mol. The van der Waals surface area contributed by atoms with Crippen molar-refractivity contribution in [3.8, 4) is 11.5 Å². The Morgan fingerprint density at radius 1 is 1.27 bits per heavy atom. The average Bonchev–Trinajstić information content (AvgIpc) is 3.17. The number of carbonyl (C=O) groups excluding carboxylic acids is 3. The summed E-state index contributed by atoms with van der Waals surface area (Å²) < 4.78 is 20.0. The number of nitrogens with one attached hydrogen (secondary N) is 1. The number of nitrogens with zero attached hydrogens (tertiary/aromatic N) is 1. The van der Waals surface area contributed by atoms with Crippen molar-refractivity contribution in [2.24, 2.45) is 0 Å². The highest BCUT2D eigenvalue weighted by Crippen LogP contribution is 2.37. The SMILES string of the molecule is CC(=O)c1cc2c(cc1NC(=O)COC(=O)c1c(C)noc1N)OCO2. The Labute approximate surface area is 147 Å². The molecule has 0 radical (unpaired) electrons. The zero-order valence-electron chi connectivity index (χ0n) is 14.0. The molecule has 0 spiro atoms. The van der Waals surface area contributed by atoms with Crippen molar-refractivity contribution in [3.05, 3.63) is 29.0 Å². The third kappa shape index (κ3) is 3.29. The lowest BCUT2D eigenvalue weighted by Crippen LogP contribution is -2.22. The topological polar surface area (TPSA) is 143 Å². The number of nitrogen functional groups attached to an aromatic ring is 1. The quantitative estimate of drug-likeness (QED) is 0.594. The van der Waals surface area contributed by atoms with E-state index in [0.29, 0.717) is 11.5 Å². The Bertz CT molecular complexity index is 884. The smallest absolute Gasteiger partial charge is 0.346 e. The summed E-state index contributed by atoms with van der Waals surface area (Å²) in [6.07, 6.45) is 0. The molecule has 3 rings (SSSR count). The minimum atomic E-state index is -0.839. The standard InChI is InChI=1S/C16H15N3O7/c1-7-14(15(17)26-19-7)16(22)23-5-13(21)18-10-4-12-11(24-6-25-12)3-9(10)8(2)20/h3-4H,5-6,17H2,1-2H3,(H,18,21). The Kier molecular flexibility index (Phi) is 4.48. The van der Waals surface area contributed by atoms with E-state index in [-0.39, 0.29) is 41.0 Å². The van der Waals surface area contributed by atoms with Gasteiger partial charge < -0.3 is 29.8 Å². The fourth-order valence-electron chi connectivity index (χ4n) is 2.36. The summed E-state index contributed by atoms with van der Waals surface area (Å²) >= 11 is 0. The van der Waals surface area contributed by atoms with Crippen molar-refractivity contribution in [3.63, 3.8) is 0 Å². The second-order valence-corrected chi connectivity index (χ2v) is 5.44. The van der Waals surface area contributed by atoms with Crippen LogP contribution in [0, 0.1) is 6.92 Å². The number of esters is 1. The molecule has 2 aromatic rings. The van der Waals surface area contributed by atoms with E-state index in [1.165, 1.54) is 26.0 Å². The predicted octanol–water partition coefficient (Wildman–Crippen LogP) is 1.29. The first-order valence-electron chi connectivity index (χ1n) is 7.50. The van der Waals surface area contributed by atoms with Gasteiger partial charge >= 0.3 is 5.97 Å². The van der Waals surface area contributed by atoms with E-state index < -0.39 is 18.5 Å². The summed E-state index contributed by atoms with van der Waals surface area (Å²) in [5.74, 6) is -1.14. The van der Waals surface area contributed by atoms with Crippen LogP contribution in [0.4, 0.5) is 11.6 Å². The molecule has 1 aromatic carbocycles. The van der Waals surface area contributed by atoms with Gasteiger partial charge in [-0.3, -0.25) is 9.59 Å². The molecule has 0 bridgehead atoms. The number of rotatable bonds is 5. The molecular weight excluding hydrogens is 346 g/mol. The number of amides is 1. The Hall–Kier alpha value is -3.56. The minimum Gasteiger partial charge on any atom is -0.454 e. The molecule has 2 heterocycles. The van der Waals surface area contributed by atoms with Crippen molar-refractivity contribution in [1.29, 1.82) is 0 Å². The number of aryl methyl sites for hydroxylation is 1. The van der Waals surface area contributed by atoms with Gasteiger partial charge in [0.15, 0.2) is 23.9 Å². The van der Waals surface area contributed by atoms with Gasteiger partial charge in [0.2, 0.25) is 12.7 Å². The summed E-state index contributed by atoms with van der Waals surface area (Å²) in [5, 5.41) is 6.04. The Morgan fingerprint density at radius 2 is 1.96 bits per heavy atom. The van der Waals surface area contributed by atoms with Crippen LogP contribution in [-0.2, 0) is 9.53 Å². The molecule has 136 valence electrons. The van der Waals surface area contributed by atoms with Crippen molar-refractivity contribution in [2.75, 3.05) is 24.5 Å². The van der Waals surface area contributed by atoms with Crippen molar-refractivity contribution in [1.82, 2.24) is 5.16 Å². The lowest BCUT2D eigenvalue weighted by Gasteiger charge is -2.11. The van der Waals surface area contributed by atoms with Gasteiger partial charge in [-0.05, 0) is 19.9 Å². The molecule has 0 atom stereocenters. The van der Waals surface area contributed by atoms with E-state index in [4.69, 9.17) is 19.9 Å². The van der Waals surface area contributed by atoms with Crippen molar-refractivity contribution < 1.29 is 33.1 Å². The Morgan fingerprint density at radius 3 is 2.58 bits per heavy atom. The van der Waals surface area contributed by atoms with Crippen LogP contribution in [0.5, 0.6) is 11.5 Å². The molecule has 0 aliphatic carbocycles. The summed E-state index contributed by atoms with van der Waals surface area (Å²) in [6.45, 7) is 2.31. The van der Waals surface area contributed by atoms with Gasteiger partial charge in [0.25, 0.3) is 5.91 Å². The third-order valence-corrected chi connectivity index (χ3v) is 3.59. The van der Waals surface area contributed by atoms with Crippen LogP contribution in [0.2, 0.25) is 0 Å². The summed E-state index contributed by atoms with van der Waals surface area (Å²) in [6, 6.07) is 2.95. The van der Waals surface area contributed by atoms with Gasteiger partial charge in [-0.1, -0.05) is 5.16 Å². The lowest BCUT2D eigenvalue weighted by molar-refractivity contribution is -0.119. The third-order valence-electron chi connectivity index (χ3n) is 3.59. The first-order chi connectivity index (χ1) is 12.4. The molecule has 1 aromatic heterocycles. The van der Waals surface area contributed by atoms with E-state index >= 15 is 0 Å². The fourth-order valence-corrected chi connectivity index (χ4v) is 2.36. The van der Waals surface area contributed by atoms with Crippen LogP contribution in [-0.4, -0.2) is 36.2 Å². The van der Waals surface area contributed by atoms with E-state index in [1.54, 1.807) is 0 Å². The monoisotopic (exact) mass is 361 g/mol. The molecule has 10 nitrogen and oxygen atoms in total. The highest BCUT2D eigenvalue weighted by Gasteiger charge is 2.23. The number of nitrogens with two attached hydrogens (primary N) is 1. The van der Waals surface area contributed by atoms with Gasteiger partial charge in [-0.25, -0.2) is 4.79 Å². The van der Waals surface area contributed by atoms with E-state index in [1.807, 2.05) is 0 Å². The highest BCUT2D eigenvalue weighted by molar-refractivity contribution is 6.05. The van der Waals surface area contributed by atoms with Gasteiger partial charge in [-0.2, -0.15) is 0 Å². The highest BCUT2D eigenvalue weighted by atomic mass is 16.7. The zero-order valence-corrected chi connectivity index (χ0v) is 14.0. The first kappa shape index (κ1) is 17.3. The molecule has 0 fully saturated rings. The summed E-state index contributed by atoms with van der Waals surface area (Å²) in [7, 11) is 0. The molecule has 0 unspecified atom stereocenters. The molecule has 1 aliphatic rings. The van der Waals surface area contributed by atoms with Crippen LogP contribution in [0.1, 0.15) is 33.3 Å². The van der Waals surface area contributed by atoms with Crippen LogP contribution >= 0.6 is 0 Å². The number of hydrogen-bond donors (Lipinski definition) is 2. The van der Waals surface area contributed by atoms with Crippen molar-refractivity contribution >= 4 is 29.2 Å². The number of fused-ring (bicyclic) bond motifs is 1. The number of ketones is 1. The predicted molar refractivity (Wildman–Crippen MR) is 87.1 cm³/mol. The minimum absolute atomic E-state index is 0.0290. The van der Waals surface area contributed by atoms with Gasteiger partial charge in [0.05, 0.1) is 11.4 Å². The normalized spacial score (nSPS) is 11.9. The number of aromatic nitrogens is 1. The largest absolute Gasteiger partial charge is 0.454 e. The van der Waals surface area contributed by atoms with Gasteiger partial charge in [-0.15, -0.1) is 0 Å². The summed E-state index contributed by atoms with van der Waals surface area (Å²) in [4.78, 5) is 35.8. The lowest BCUT2D eigenvalue weighted by atomic mass is 10.1. The van der Waals surface area contributed by atoms with Crippen molar-refractivity contribution in [2.45, 2.75) is 13.8 Å². The maximum Gasteiger partial charge on any atom is 0.346 e. The molecule has 0 saturated carbocycles. The first-order valence-corrected chi connectivity index (χ1v) is 7.50. The molecule has 26 heavy (non-hydrogen) atoms. The van der Waals surface area contributed by atoms with Crippen LogP contribution in [0.3, 0.4) is 0 Å². The second kappa shape index (κ2) is 6.75. The molecule has 3 N–H and O–H groups in total. The number of ether oxygens (including phenoxy) is 3. The molecule has 10 heteroatoms. The number of Topliss-reactive ketones (excluding diaryl/α,β-unsaturated/α-hetero) is 1. The number of benzene rings is 1. The van der Waals surface area contributed by atoms with Gasteiger partial charge in [0, 0.05) is 11.6 Å². The maximum absolute atomic E-state index is 12.1. The maximum atomic E-state index is 12.1. The molecular formula is C16H15N3O7. The summed E-state index contributed by atoms with van der Waals surface area (Å²) in [5.41, 5.74) is 6.17. The fraction of sp³-hybridized carbons (Fsp3) is 0.250. The molecule has 0 saturated heterocycles. The second-order valence-electron chi connectivity index (χ2n) is 5.44. The van der Waals surface area contributed by atoms with E-state index in [9.17, 15) is 14.4 Å². The van der Waals surface area contributed by atoms with Crippen LogP contribution < -0.4 is 20.5 Å². The zero-order chi connectivity index (χ0) is 18.8. The number of carbonyl (C=O) groups is 3. The number of anilines is 2. The molecule has 1 amide bonds.